The minimum absolute atomic E-state index is 0.153. The molecule has 0 aliphatic carbocycles. The van der Waals surface area contributed by atoms with Crippen molar-refractivity contribution in [3.63, 3.8) is 0 Å². The number of benzene rings is 1. The summed E-state index contributed by atoms with van der Waals surface area (Å²) >= 11 is 0. The molecule has 1 N–H and O–H groups in total. The van der Waals surface area contributed by atoms with E-state index in [1.807, 2.05) is 30.3 Å². The Hall–Kier alpha value is -2.40. The molecule has 2 unspecified atom stereocenters. The molecule has 0 amide bonds. The van der Waals surface area contributed by atoms with Gasteiger partial charge in [-0.3, -0.25) is 10.1 Å². The van der Waals surface area contributed by atoms with E-state index < -0.39 is 11.0 Å². The Kier molecular flexibility index (Phi) is 3.77. The van der Waals surface area contributed by atoms with Gasteiger partial charge in [-0.2, -0.15) is 0 Å². The Bertz CT molecular complexity index is 576. The Morgan fingerprint density at radius 3 is 2.47 bits per heavy atom. The highest BCUT2D eigenvalue weighted by Gasteiger charge is 2.25. The van der Waals surface area contributed by atoms with Crippen LogP contribution in [-0.2, 0) is 0 Å². The van der Waals surface area contributed by atoms with E-state index in [2.05, 4.69) is 6.58 Å². The van der Waals surface area contributed by atoms with Crippen LogP contribution in [0.3, 0.4) is 0 Å². The quantitative estimate of drug-likeness (QED) is 0.508. The molecule has 2 atom stereocenters. The summed E-state index contributed by atoms with van der Waals surface area (Å²) in [4.78, 5) is 9.92. The molecule has 98 valence electrons. The standard InChI is InChI=1S/C14H13NO4/c1-2-11(10-6-4-3-5-7-10)14(16)12-8-9-13(19-12)15(17)18/h2-9,11,14,16H,1H2. The summed E-state index contributed by atoms with van der Waals surface area (Å²) in [6.07, 6.45) is 0.586. The van der Waals surface area contributed by atoms with Gasteiger partial charge in [0, 0.05) is 5.92 Å². The molecular formula is C14H13NO4. The predicted octanol–water partition coefficient (Wildman–Crippen LogP) is 3.19. The van der Waals surface area contributed by atoms with Gasteiger partial charge in [-0.05, 0) is 11.6 Å². The Labute approximate surface area is 110 Å². The smallest absolute Gasteiger partial charge is 0.403 e. The second-order valence-electron chi connectivity index (χ2n) is 4.05. The van der Waals surface area contributed by atoms with E-state index in [1.165, 1.54) is 12.1 Å². The third-order valence-corrected chi connectivity index (χ3v) is 2.86. The van der Waals surface area contributed by atoms with Crippen LogP contribution in [0, 0.1) is 10.1 Å². The zero-order chi connectivity index (χ0) is 13.8. The van der Waals surface area contributed by atoms with Crippen LogP contribution in [0.5, 0.6) is 0 Å². The lowest BCUT2D eigenvalue weighted by Gasteiger charge is -2.17. The maximum atomic E-state index is 10.6. The van der Waals surface area contributed by atoms with Crippen molar-refractivity contribution in [3.8, 4) is 0 Å². The minimum atomic E-state index is -1.01. The van der Waals surface area contributed by atoms with Crippen LogP contribution in [0.2, 0.25) is 0 Å². The molecule has 0 aliphatic rings. The van der Waals surface area contributed by atoms with Gasteiger partial charge in [0.1, 0.15) is 16.8 Å². The Morgan fingerprint density at radius 1 is 1.26 bits per heavy atom. The summed E-state index contributed by atoms with van der Waals surface area (Å²) in [5, 5.41) is 20.8. The van der Waals surface area contributed by atoms with E-state index in [9.17, 15) is 15.2 Å². The lowest BCUT2D eigenvalue weighted by Crippen LogP contribution is -2.07. The number of furan rings is 1. The lowest BCUT2D eigenvalue weighted by atomic mass is 9.92. The summed E-state index contributed by atoms with van der Waals surface area (Å²) in [5.74, 6) is -0.614. The van der Waals surface area contributed by atoms with Crippen LogP contribution in [0.4, 0.5) is 5.88 Å². The zero-order valence-electron chi connectivity index (χ0n) is 10.1. The van der Waals surface area contributed by atoms with Gasteiger partial charge in [-0.25, -0.2) is 0 Å². The van der Waals surface area contributed by atoms with Crippen molar-refractivity contribution in [1.29, 1.82) is 0 Å². The Balaban J connectivity index is 2.28. The highest BCUT2D eigenvalue weighted by Crippen LogP contribution is 2.33. The number of nitro groups is 1. The third-order valence-electron chi connectivity index (χ3n) is 2.86. The highest BCUT2D eigenvalue weighted by molar-refractivity contribution is 5.28. The first-order valence-corrected chi connectivity index (χ1v) is 5.73. The molecule has 5 heteroatoms. The second-order valence-corrected chi connectivity index (χ2v) is 4.05. The number of rotatable bonds is 5. The van der Waals surface area contributed by atoms with Gasteiger partial charge in [-0.1, -0.05) is 36.4 Å². The van der Waals surface area contributed by atoms with Gasteiger partial charge in [-0.15, -0.1) is 6.58 Å². The predicted molar refractivity (Wildman–Crippen MR) is 69.7 cm³/mol. The minimum Gasteiger partial charge on any atom is -0.403 e. The molecule has 1 aromatic carbocycles. The highest BCUT2D eigenvalue weighted by atomic mass is 16.6. The number of hydrogen-bond acceptors (Lipinski definition) is 4. The van der Waals surface area contributed by atoms with E-state index in [0.29, 0.717) is 0 Å². The fraction of sp³-hybridized carbons (Fsp3) is 0.143. The van der Waals surface area contributed by atoms with Gasteiger partial charge in [0.25, 0.3) is 0 Å². The molecule has 0 saturated carbocycles. The summed E-state index contributed by atoms with van der Waals surface area (Å²) in [5.41, 5.74) is 0.865. The van der Waals surface area contributed by atoms with Gasteiger partial charge >= 0.3 is 5.88 Å². The van der Waals surface area contributed by atoms with Crippen LogP contribution >= 0.6 is 0 Å². The van der Waals surface area contributed by atoms with Gasteiger partial charge < -0.3 is 9.52 Å². The molecule has 0 spiro atoms. The topological polar surface area (TPSA) is 76.5 Å². The van der Waals surface area contributed by atoms with Crippen LogP contribution in [0.15, 0.2) is 59.5 Å². The SMILES string of the molecule is C=CC(c1ccccc1)C(O)c1ccc([N+](=O)[O-])o1. The molecule has 1 heterocycles. The van der Waals surface area contributed by atoms with Crippen LogP contribution < -0.4 is 0 Å². The van der Waals surface area contributed by atoms with E-state index in [1.54, 1.807) is 6.08 Å². The van der Waals surface area contributed by atoms with Crippen molar-refractivity contribution in [3.05, 3.63) is 76.6 Å². The number of aliphatic hydroxyl groups is 1. The molecule has 0 radical (unpaired) electrons. The average Bonchev–Trinajstić information content (AvgIpc) is 2.90. The molecule has 1 aromatic heterocycles. The average molecular weight is 259 g/mol. The molecule has 0 saturated heterocycles. The van der Waals surface area contributed by atoms with Crippen molar-refractivity contribution < 1.29 is 14.4 Å². The normalized spacial score (nSPS) is 13.7. The van der Waals surface area contributed by atoms with Crippen molar-refractivity contribution >= 4 is 5.88 Å². The molecule has 0 fully saturated rings. The molecule has 5 nitrogen and oxygen atoms in total. The van der Waals surface area contributed by atoms with Crippen LogP contribution in [0.1, 0.15) is 23.3 Å². The van der Waals surface area contributed by atoms with E-state index in [-0.39, 0.29) is 17.6 Å². The summed E-state index contributed by atoms with van der Waals surface area (Å²) < 4.78 is 5.01. The fourth-order valence-electron chi connectivity index (χ4n) is 1.90. The van der Waals surface area contributed by atoms with Crippen LogP contribution in [-0.4, -0.2) is 10.0 Å². The molecular weight excluding hydrogens is 246 g/mol. The van der Waals surface area contributed by atoms with Crippen molar-refractivity contribution in [2.75, 3.05) is 0 Å². The van der Waals surface area contributed by atoms with Crippen molar-refractivity contribution in [1.82, 2.24) is 0 Å². The van der Waals surface area contributed by atoms with E-state index >= 15 is 0 Å². The molecule has 0 bridgehead atoms. The fourth-order valence-corrected chi connectivity index (χ4v) is 1.90. The first-order chi connectivity index (χ1) is 9.13. The van der Waals surface area contributed by atoms with Gasteiger partial charge in [0.15, 0.2) is 0 Å². The number of hydrogen-bond donors (Lipinski definition) is 1. The first-order valence-electron chi connectivity index (χ1n) is 5.73. The van der Waals surface area contributed by atoms with Crippen molar-refractivity contribution in [2.45, 2.75) is 12.0 Å². The first kappa shape index (κ1) is 13.0. The molecule has 0 aliphatic heterocycles. The molecule has 2 aromatic rings. The maximum Gasteiger partial charge on any atom is 0.433 e. The zero-order valence-corrected chi connectivity index (χ0v) is 10.1. The largest absolute Gasteiger partial charge is 0.433 e. The number of aliphatic hydroxyl groups excluding tert-OH is 1. The molecule has 2 rings (SSSR count). The Morgan fingerprint density at radius 2 is 1.95 bits per heavy atom. The van der Waals surface area contributed by atoms with Crippen molar-refractivity contribution in [2.24, 2.45) is 0 Å². The van der Waals surface area contributed by atoms with Gasteiger partial charge in [0.2, 0.25) is 0 Å². The lowest BCUT2D eigenvalue weighted by molar-refractivity contribution is -0.402. The molecule has 19 heavy (non-hydrogen) atoms. The van der Waals surface area contributed by atoms with E-state index in [0.717, 1.165) is 5.56 Å². The summed E-state index contributed by atoms with van der Waals surface area (Å²) in [6.45, 7) is 3.69. The summed E-state index contributed by atoms with van der Waals surface area (Å²) in [6, 6.07) is 11.9. The summed E-state index contributed by atoms with van der Waals surface area (Å²) in [7, 11) is 0. The van der Waals surface area contributed by atoms with Gasteiger partial charge in [0.05, 0.1) is 6.07 Å². The van der Waals surface area contributed by atoms with Crippen LogP contribution in [0.25, 0.3) is 0 Å². The second kappa shape index (κ2) is 5.49. The maximum absolute atomic E-state index is 10.6. The monoisotopic (exact) mass is 259 g/mol. The third kappa shape index (κ3) is 2.71. The number of nitrogens with zero attached hydrogens (tertiary/aromatic N) is 1. The van der Waals surface area contributed by atoms with E-state index in [4.69, 9.17) is 4.42 Å².